The van der Waals surface area contributed by atoms with E-state index in [4.69, 9.17) is 5.21 Å². The van der Waals surface area contributed by atoms with Crippen molar-refractivity contribution in [1.82, 2.24) is 15.4 Å². The second kappa shape index (κ2) is 4.85. The number of halogens is 2. The molecule has 21 heavy (non-hydrogen) atoms. The molecule has 108 valence electrons. The summed E-state index contributed by atoms with van der Waals surface area (Å²) >= 11 is 0. The summed E-state index contributed by atoms with van der Waals surface area (Å²) in [6.45, 7) is 0. The molecular formula is C14H11F2N3O2. The molecule has 1 heterocycles. The summed E-state index contributed by atoms with van der Waals surface area (Å²) in [7, 11) is 0. The van der Waals surface area contributed by atoms with Crippen molar-refractivity contribution in [2.24, 2.45) is 0 Å². The lowest BCUT2D eigenvalue weighted by molar-refractivity contribution is -0.136. The quantitative estimate of drug-likeness (QED) is 0.670. The van der Waals surface area contributed by atoms with Crippen LogP contribution in [-0.4, -0.2) is 26.8 Å². The SMILES string of the molecule is O=C(NO)[C@]1(F)CC1c1ccc(-c2ncc(F)cn2)cc1. The summed E-state index contributed by atoms with van der Waals surface area (Å²) in [6.07, 6.45) is 2.16. The van der Waals surface area contributed by atoms with Gasteiger partial charge in [-0.25, -0.2) is 24.2 Å². The number of nitrogens with one attached hydrogen (secondary N) is 1. The zero-order valence-electron chi connectivity index (χ0n) is 10.8. The summed E-state index contributed by atoms with van der Waals surface area (Å²) < 4.78 is 26.8. The Morgan fingerprint density at radius 3 is 2.48 bits per heavy atom. The van der Waals surface area contributed by atoms with Gasteiger partial charge in [-0.3, -0.25) is 10.0 Å². The molecule has 1 aliphatic rings. The van der Waals surface area contributed by atoms with Crippen molar-refractivity contribution in [3.8, 4) is 11.4 Å². The number of nitrogens with zero attached hydrogens (tertiary/aromatic N) is 2. The number of rotatable bonds is 3. The molecular weight excluding hydrogens is 280 g/mol. The molecule has 1 unspecified atom stereocenters. The van der Waals surface area contributed by atoms with Crippen LogP contribution in [0.25, 0.3) is 11.4 Å². The van der Waals surface area contributed by atoms with Gasteiger partial charge in [0.05, 0.1) is 12.4 Å². The molecule has 0 spiro atoms. The lowest BCUT2D eigenvalue weighted by Crippen LogP contribution is -2.32. The van der Waals surface area contributed by atoms with Gasteiger partial charge in [-0.05, 0) is 5.56 Å². The predicted octanol–water partition coefficient (Wildman–Crippen LogP) is 1.98. The highest BCUT2D eigenvalue weighted by Gasteiger charge is 2.62. The largest absolute Gasteiger partial charge is 0.289 e. The van der Waals surface area contributed by atoms with Gasteiger partial charge < -0.3 is 0 Å². The third-order valence-corrected chi connectivity index (χ3v) is 3.56. The van der Waals surface area contributed by atoms with Crippen LogP contribution < -0.4 is 5.48 Å². The second-order valence-corrected chi connectivity index (χ2v) is 4.91. The van der Waals surface area contributed by atoms with Crippen LogP contribution in [0.3, 0.4) is 0 Å². The highest BCUT2D eigenvalue weighted by atomic mass is 19.1. The molecule has 5 nitrogen and oxygen atoms in total. The number of alkyl halides is 1. The molecule has 2 atom stereocenters. The molecule has 1 fully saturated rings. The highest BCUT2D eigenvalue weighted by Crippen LogP contribution is 2.54. The maximum Gasteiger partial charge on any atom is 0.281 e. The van der Waals surface area contributed by atoms with Crippen molar-refractivity contribution in [3.63, 3.8) is 0 Å². The summed E-state index contributed by atoms with van der Waals surface area (Å²) in [5.41, 5.74) is 0.595. The first-order valence-corrected chi connectivity index (χ1v) is 6.26. The minimum atomic E-state index is -2.05. The predicted molar refractivity (Wildman–Crippen MR) is 68.6 cm³/mol. The highest BCUT2D eigenvalue weighted by molar-refractivity contribution is 5.89. The van der Waals surface area contributed by atoms with E-state index in [0.29, 0.717) is 17.0 Å². The van der Waals surface area contributed by atoms with Gasteiger partial charge in [-0.2, -0.15) is 0 Å². The molecule has 1 amide bonds. The van der Waals surface area contributed by atoms with E-state index >= 15 is 0 Å². The average Bonchev–Trinajstić information content (AvgIpc) is 3.21. The fraction of sp³-hybridized carbons (Fsp3) is 0.214. The number of carbonyl (C=O) groups excluding carboxylic acids is 1. The van der Waals surface area contributed by atoms with Gasteiger partial charge >= 0.3 is 0 Å². The molecule has 1 aromatic heterocycles. The zero-order chi connectivity index (χ0) is 15.0. The standard InChI is InChI=1S/C14H11F2N3O2/c15-10-6-17-12(18-7-10)9-3-1-8(2-4-9)11-5-14(11,16)13(20)19-21/h1-4,6-7,11,21H,5H2,(H,19,20)/t11?,14-/m0/s1. The fourth-order valence-corrected chi connectivity index (χ4v) is 2.29. The van der Waals surface area contributed by atoms with Gasteiger partial charge in [-0.1, -0.05) is 24.3 Å². The van der Waals surface area contributed by atoms with Gasteiger partial charge in [0, 0.05) is 17.9 Å². The summed E-state index contributed by atoms with van der Waals surface area (Å²) in [6, 6.07) is 6.69. The first kappa shape index (κ1) is 13.6. The number of aromatic nitrogens is 2. The number of hydrogen-bond acceptors (Lipinski definition) is 4. The van der Waals surface area contributed by atoms with Crippen LogP contribution in [0.15, 0.2) is 36.7 Å². The van der Waals surface area contributed by atoms with E-state index in [1.807, 2.05) is 0 Å². The first-order chi connectivity index (χ1) is 10.0. The van der Waals surface area contributed by atoms with Crippen LogP contribution in [0.2, 0.25) is 0 Å². The van der Waals surface area contributed by atoms with Crippen molar-refractivity contribution in [2.45, 2.75) is 18.0 Å². The number of hydrogen-bond donors (Lipinski definition) is 2. The topological polar surface area (TPSA) is 75.1 Å². The zero-order valence-corrected chi connectivity index (χ0v) is 10.8. The molecule has 3 rings (SSSR count). The van der Waals surface area contributed by atoms with Gasteiger partial charge in [0.2, 0.25) is 0 Å². The fourth-order valence-electron chi connectivity index (χ4n) is 2.29. The van der Waals surface area contributed by atoms with E-state index in [9.17, 15) is 13.6 Å². The lowest BCUT2D eigenvalue weighted by Gasteiger charge is -2.06. The smallest absolute Gasteiger partial charge is 0.281 e. The van der Waals surface area contributed by atoms with Crippen LogP contribution >= 0.6 is 0 Å². The number of amides is 1. The Labute approximate surface area is 118 Å². The minimum absolute atomic E-state index is 0.0335. The third-order valence-electron chi connectivity index (χ3n) is 3.56. The van der Waals surface area contributed by atoms with Crippen LogP contribution in [0.5, 0.6) is 0 Å². The molecule has 1 aromatic carbocycles. The van der Waals surface area contributed by atoms with E-state index in [0.717, 1.165) is 12.4 Å². The Morgan fingerprint density at radius 1 is 1.29 bits per heavy atom. The van der Waals surface area contributed by atoms with Gasteiger partial charge in [0.1, 0.15) is 0 Å². The molecule has 1 saturated carbocycles. The van der Waals surface area contributed by atoms with Crippen molar-refractivity contribution < 1.29 is 18.8 Å². The molecule has 0 radical (unpaired) electrons. The summed E-state index contributed by atoms with van der Waals surface area (Å²) in [4.78, 5) is 18.9. The van der Waals surface area contributed by atoms with E-state index in [1.165, 1.54) is 5.48 Å². The molecule has 2 N–H and O–H groups in total. The maximum absolute atomic E-state index is 14.1. The van der Waals surface area contributed by atoms with Gasteiger partial charge in [-0.15, -0.1) is 0 Å². The van der Waals surface area contributed by atoms with Gasteiger partial charge in [0.15, 0.2) is 17.3 Å². The number of benzene rings is 1. The third kappa shape index (κ3) is 2.36. The second-order valence-electron chi connectivity index (χ2n) is 4.91. The molecule has 1 aliphatic carbocycles. The van der Waals surface area contributed by atoms with Crippen LogP contribution in [0.1, 0.15) is 17.9 Å². The normalized spacial score (nSPS) is 23.7. The molecule has 0 aliphatic heterocycles. The molecule has 0 saturated heterocycles. The molecule has 0 bridgehead atoms. The van der Waals surface area contributed by atoms with E-state index in [-0.39, 0.29) is 6.42 Å². The van der Waals surface area contributed by atoms with Crippen molar-refractivity contribution in [1.29, 1.82) is 0 Å². The molecule has 2 aromatic rings. The maximum atomic E-state index is 14.1. The van der Waals surface area contributed by atoms with Crippen molar-refractivity contribution in [3.05, 3.63) is 48.0 Å². The minimum Gasteiger partial charge on any atom is -0.289 e. The van der Waals surface area contributed by atoms with Crippen molar-refractivity contribution >= 4 is 5.91 Å². The number of carbonyl (C=O) groups is 1. The van der Waals surface area contributed by atoms with E-state index in [2.05, 4.69) is 9.97 Å². The summed E-state index contributed by atoms with van der Waals surface area (Å²) in [5, 5.41) is 8.50. The van der Waals surface area contributed by atoms with Crippen LogP contribution in [0.4, 0.5) is 8.78 Å². The Bertz CT molecular complexity index is 676. The van der Waals surface area contributed by atoms with E-state index in [1.54, 1.807) is 24.3 Å². The molecule has 7 heteroatoms. The Balaban J connectivity index is 1.80. The Kier molecular flexibility index (Phi) is 3.13. The number of hydroxylamine groups is 1. The van der Waals surface area contributed by atoms with Gasteiger partial charge in [0.25, 0.3) is 5.91 Å². The monoisotopic (exact) mass is 291 g/mol. The first-order valence-electron chi connectivity index (χ1n) is 6.26. The summed E-state index contributed by atoms with van der Waals surface area (Å²) in [5.74, 6) is -1.77. The van der Waals surface area contributed by atoms with Crippen LogP contribution in [-0.2, 0) is 4.79 Å². The van der Waals surface area contributed by atoms with E-state index < -0.39 is 23.3 Å². The average molecular weight is 291 g/mol. The van der Waals surface area contributed by atoms with Crippen molar-refractivity contribution in [2.75, 3.05) is 0 Å². The Morgan fingerprint density at radius 2 is 1.90 bits per heavy atom. The Hall–Kier alpha value is -2.41. The lowest BCUT2D eigenvalue weighted by atomic mass is 10.1. The van der Waals surface area contributed by atoms with Crippen LogP contribution in [0, 0.1) is 5.82 Å².